The van der Waals surface area contributed by atoms with E-state index in [-0.39, 0.29) is 5.02 Å². The van der Waals surface area contributed by atoms with Gasteiger partial charge < -0.3 is 4.74 Å². The van der Waals surface area contributed by atoms with E-state index in [1.165, 1.54) is 6.07 Å². The molecule has 4 rings (SSSR count). The van der Waals surface area contributed by atoms with Crippen molar-refractivity contribution in [2.24, 2.45) is 0 Å². The number of rotatable bonds is 5. The Morgan fingerprint density at radius 3 is 2.40 bits per heavy atom. The van der Waals surface area contributed by atoms with E-state index in [1.54, 1.807) is 18.2 Å². The lowest BCUT2D eigenvalue weighted by atomic mass is 10.1. The van der Waals surface area contributed by atoms with Crippen molar-refractivity contribution in [1.82, 2.24) is 0 Å². The Labute approximate surface area is 188 Å². The van der Waals surface area contributed by atoms with E-state index in [1.807, 2.05) is 54.6 Å². The lowest BCUT2D eigenvalue weighted by molar-refractivity contribution is -0.113. The van der Waals surface area contributed by atoms with E-state index < -0.39 is 11.1 Å². The van der Waals surface area contributed by atoms with Crippen molar-refractivity contribution in [2.45, 2.75) is 6.61 Å². The minimum absolute atomic E-state index is 0.275. The minimum atomic E-state index is -0.416. The minimum Gasteiger partial charge on any atom is -0.488 e. The molecule has 1 heterocycles. The van der Waals surface area contributed by atoms with Gasteiger partial charge in [0.2, 0.25) is 0 Å². The predicted molar refractivity (Wildman–Crippen MR) is 122 cm³/mol. The fourth-order valence-corrected chi connectivity index (χ4v) is 4.05. The molecule has 0 bridgehead atoms. The first-order valence-corrected chi connectivity index (χ1v) is 10.6. The summed E-state index contributed by atoms with van der Waals surface area (Å²) in [6.07, 6.45) is 1.67. The van der Waals surface area contributed by atoms with Crippen LogP contribution in [-0.2, 0) is 11.4 Å². The molecule has 0 spiro atoms. The summed E-state index contributed by atoms with van der Waals surface area (Å²) in [6, 6.07) is 21.8. The summed E-state index contributed by atoms with van der Waals surface area (Å²) < 4.78 is 5.94. The lowest BCUT2D eigenvalue weighted by Crippen LogP contribution is -2.27. The third-order valence-electron chi connectivity index (χ3n) is 4.40. The van der Waals surface area contributed by atoms with Gasteiger partial charge in [-0.3, -0.25) is 9.59 Å². The van der Waals surface area contributed by atoms with Gasteiger partial charge >= 0.3 is 0 Å². The number of hydrogen-bond acceptors (Lipinski definition) is 4. The second-order valence-electron chi connectivity index (χ2n) is 6.43. The zero-order valence-corrected chi connectivity index (χ0v) is 17.9. The van der Waals surface area contributed by atoms with Crippen LogP contribution in [-0.4, -0.2) is 11.1 Å². The molecule has 7 heteroatoms. The maximum atomic E-state index is 12.9. The quantitative estimate of drug-likeness (QED) is 0.396. The molecule has 0 N–H and O–H groups in total. The normalized spacial score (nSPS) is 15.1. The van der Waals surface area contributed by atoms with Gasteiger partial charge in [-0.2, -0.15) is 0 Å². The number of para-hydroxylation sites is 1. The first-order valence-electron chi connectivity index (χ1n) is 9.02. The molecule has 0 aromatic heterocycles. The molecule has 30 heavy (non-hydrogen) atoms. The van der Waals surface area contributed by atoms with E-state index in [0.29, 0.717) is 33.5 Å². The molecule has 150 valence electrons. The van der Waals surface area contributed by atoms with Crippen LogP contribution in [0.25, 0.3) is 6.08 Å². The van der Waals surface area contributed by atoms with E-state index in [2.05, 4.69) is 0 Å². The molecular weight excluding hydrogens is 441 g/mol. The van der Waals surface area contributed by atoms with Gasteiger partial charge in [-0.25, -0.2) is 4.90 Å². The van der Waals surface area contributed by atoms with Gasteiger partial charge in [0.1, 0.15) is 12.4 Å². The zero-order valence-electron chi connectivity index (χ0n) is 15.5. The van der Waals surface area contributed by atoms with E-state index in [0.717, 1.165) is 22.2 Å². The topological polar surface area (TPSA) is 46.6 Å². The number of nitrogens with zero attached hydrogens (tertiary/aromatic N) is 1. The number of ether oxygens (including phenoxy) is 1. The summed E-state index contributed by atoms with van der Waals surface area (Å²) in [5.74, 6) is 0.212. The van der Waals surface area contributed by atoms with Crippen LogP contribution < -0.4 is 9.64 Å². The SMILES string of the molecule is O=C1S/C(=C/c2ccccc2OCc2ccccc2)C(=O)N1c1ccc(Cl)c(Cl)c1. The van der Waals surface area contributed by atoms with Crippen LogP contribution in [0.4, 0.5) is 10.5 Å². The van der Waals surface area contributed by atoms with Crippen LogP contribution in [0.2, 0.25) is 10.0 Å². The second kappa shape index (κ2) is 8.96. The molecular formula is C23H15Cl2NO3S. The monoisotopic (exact) mass is 455 g/mol. The average molecular weight is 456 g/mol. The summed E-state index contributed by atoms with van der Waals surface area (Å²) in [5.41, 5.74) is 2.13. The van der Waals surface area contributed by atoms with Crippen molar-refractivity contribution in [2.75, 3.05) is 4.90 Å². The molecule has 0 unspecified atom stereocenters. The van der Waals surface area contributed by atoms with Crippen molar-refractivity contribution in [3.63, 3.8) is 0 Å². The van der Waals surface area contributed by atoms with Crippen LogP contribution in [0.15, 0.2) is 77.7 Å². The number of carbonyl (C=O) groups excluding carboxylic acids is 2. The Hall–Kier alpha value is -2.73. The molecule has 1 aliphatic heterocycles. The van der Waals surface area contributed by atoms with Gasteiger partial charge in [0.15, 0.2) is 0 Å². The Morgan fingerprint density at radius 2 is 1.63 bits per heavy atom. The number of hydrogen-bond donors (Lipinski definition) is 0. The standard InChI is InChI=1S/C23H15Cl2NO3S/c24-18-11-10-17(13-19(18)25)26-22(27)21(30-23(26)28)12-16-8-4-5-9-20(16)29-14-15-6-2-1-3-7-15/h1-13H,14H2/b21-12+. The van der Waals surface area contributed by atoms with Gasteiger partial charge in [-0.1, -0.05) is 71.7 Å². The van der Waals surface area contributed by atoms with Crippen molar-refractivity contribution in [1.29, 1.82) is 0 Å². The molecule has 3 aromatic carbocycles. The third-order valence-corrected chi connectivity index (χ3v) is 6.01. The lowest BCUT2D eigenvalue weighted by Gasteiger charge is -2.13. The molecule has 0 atom stereocenters. The van der Waals surface area contributed by atoms with Crippen molar-refractivity contribution >= 4 is 57.9 Å². The fourth-order valence-electron chi connectivity index (χ4n) is 2.92. The van der Waals surface area contributed by atoms with Crippen LogP contribution in [0, 0.1) is 0 Å². The zero-order chi connectivity index (χ0) is 21.1. The van der Waals surface area contributed by atoms with Crippen molar-refractivity contribution in [3.05, 3.63) is 98.9 Å². The summed E-state index contributed by atoms with van der Waals surface area (Å²) in [4.78, 5) is 26.8. The van der Waals surface area contributed by atoms with E-state index >= 15 is 0 Å². The highest BCUT2D eigenvalue weighted by Gasteiger charge is 2.36. The fraction of sp³-hybridized carbons (Fsp3) is 0.0435. The first kappa shape index (κ1) is 20.5. The number of anilines is 1. The van der Waals surface area contributed by atoms with Gasteiger partial charge in [0.05, 0.1) is 20.6 Å². The Balaban J connectivity index is 1.58. The van der Waals surface area contributed by atoms with Crippen molar-refractivity contribution in [3.8, 4) is 5.75 Å². The molecule has 0 saturated carbocycles. The van der Waals surface area contributed by atoms with E-state index in [9.17, 15) is 9.59 Å². The molecule has 4 nitrogen and oxygen atoms in total. The molecule has 1 saturated heterocycles. The summed E-state index contributed by atoms with van der Waals surface area (Å²) >= 11 is 12.8. The average Bonchev–Trinajstić information content (AvgIpc) is 3.03. The first-order chi connectivity index (χ1) is 14.5. The maximum Gasteiger partial charge on any atom is 0.298 e. The Kier molecular flexibility index (Phi) is 6.13. The van der Waals surface area contributed by atoms with E-state index in [4.69, 9.17) is 27.9 Å². The summed E-state index contributed by atoms with van der Waals surface area (Å²) in [7, 11) is 0. The maximum absolute atomic E-state index is 12.9. The third kappa shape index (κ3) is 4.38. The van der Waals surface area contributed by atoms with Crippen molar-refractivity contribution < 1.29 is 14.3 Å². The number of halogens is 2. The summed E-state index contributed by atoms with van der Waals surface area (Å²) in [5, 5.41) is 0.233. The highest BCUT2D eigenvalue weighted by atomic mass is 35.5. The van der Waals surface area contributed by atoms with Crippen LogP contribution in [0.1, 0.15) is 11.1 Å². The number of imide groups is 1. The summed E-state index contributed by atoms with van der Waals surface area (Å²) in [6.45, 7) is 0.399. The number of benzene rings is 3. The number of thioether (sulfide) groups is 1. The highest BCUT2D eigenvalue weighted by molar-refractivity contribution is 8.19. The van der Waals surface area contributed by atoms with Gasteiger partial charge in [-0.05, 0) is 47.7 Å². The molecule has 0 radical (unpaired) electrons. The Morgan fingerprint density at radius 1 is 0.900 bits per heavy atom. The van der Waals surface area contributed by atoms with Gasteiger partial charge in [-0.15, -0.1) is 0 Å². The largest absolute Gasteiger partial charge is 0.488 e. The Bertz CT molecular complexity index is 1150. The molecule has 2 amide bonds. The molecule has 3 aromatic rings. The molecule has 1 aliphatic rings. The van der Waals surface area contributed by atoms with Crippen LogP contribution in [0.5, 0.6) is 5.75 Å². The number of amides is 2. The second-order valence-corrected chi connectivity index (χ2v) is 8.24. The highest BCUT2D eigenvalue weighted by Crippen LogP contribution is 2.38. The number of carbonyl (C=O) groups is 2. The van der Waals surface area contributed by atoms with Gasteiger partial charge in [0.25, 0.3) is 11.1 Å². The molecule has 0 aliphatic carbocycles. The van der Waals surface area contributed by atoms with Crippen LogP contribution >= 0.6 is 35.0 Å². The van der Waals surface area contributed by atoms with Gasteiger partial charge in [0, 0.05) is 5.56 Å². The smallest absolute Gasteiger partial charge is 0.298 e. The molecule has 1 fully saturated rings. The van der Waals surface area contributed by atoms with Crippen LogP contribution in [0.3, 0.4) is 0 Å². The predicted octanol–water partition coefficient (Wildman–Crippen LogP) is 6.81.